The van der Waals surface area contributed by atoms with Crippen molar-refractivity contribution >= 4 is 20.1 Å². The van der Waals surface area contributed by atoms with E-state index in [1.165, 1.54) is 0 Å². The molecular formula is C15H31NO5Si. The molecule has 2 N–H and O–H groups in total. The number of alkyl carbamates (subject to hydrolysis) is 1. The number of ether oxygens (including phenoxy) is 2. The summed E-state index contributed by atoms with van der Waals surface area (Å²) in [6.07, 6.45) is 0.0974. The van der Waals surface area contributed by atoms with Crippen LogP contribution in [0.15, 0.2) is 0 Å². The third-order valence-electron chi connectivity index (χ3n) is 2.72. The monoisotopic (exact) mass is 333 g/mol. The van der Waals surface area contributed by atoms with Crippen molar-refractivity contribution in [1.82, 2.24) is 5.32 Å². The number of esters is 1. The van der Waals surface area contributed by atoms with Gasteiger partial charge in [0.25, 0.3) is 0 Å². The van der Waals surface area contributed by atoms with Gasteiger partial charge in [-0.15, -0.1) is 0 Å². The summed E-state index contributed by atoms with van der Waals surface area (Å²) in [5.41, 5.74) is -0.627. The van der Waals surface area contributed by atoms with Crippen LogP contribution in [0.25, 0.3) is 0 Å². The summed E-state index contributed by atoms with van der Waals surface area (Å²) in [4.78, 5) is 23.9. The molecule has 0 saturated heterocycles. The molecule has 0 aromatic carbocycles. The molecule has 6 nitrogen and oxygen atoms in total. The first kappa shape index (κ1) is 20.9. The summed E-state index contributed by atoms with van der Waals surface area (Å²) in [6.45, 7) is 12.2. The molecular weight excluding hydrogens is 302 g/mol. The Balaban J connectivity index is 4.45. The van der Waals surface area contributed by atoms with E-state index in [4.69, 9.17) is 14.6 Å². The molecule has 7 heteroatoms. The molecule has 0 heterocycles. The largest absolute Gasteiger partial charge is 0.458 e. The zero-order valence-electron chi connectivity index (χ0n) is 14.7. The lowest BCUT2D eigenvalue weighted by molar-refractivity contribution is -0.157. The van der Waals surface area contributed by atoms with E-state index in [1.807, 2.05) is 0 Å². The highest BCUT2D eigenvalue weighted by atomic mass is 28.3. The maximum Gasteiger partial charge on any atom is 0.407 e. The summed E-state index contributed by atoms with van der Waals surface area (Å²) in [7, 11) is -1.27. The number of hydrogen-bond acceptors (Lipinski definition) is 5. The Morgan fingerprint density at radius 2 is 1.82 bits per heavy atom. The normalized spacial score (nSPS) is 13.4. The maximum absolute atomic E-state index is 12.1. The SMILES string of the molecule is CC(C)(C)OC(=O)[C@H](CCCO)NC(=O)OCC[Si](C)(C)C. The average molecular weight is 334 g/mol. The second-order valence-corrected chi connectivity index (χ2v) is 13.2. The fourth-order valence-corrected chi connectivity index (χ4v) is 2.27. The number of carbonyl (C=O) groups excluding carboxylic acids is 2. The molecule has 1 atom stereocenters. The predicted molar refractivity (Wildman–Crippen MR) is 88.6 cm³/mol. The molecule has 0 bridgehead atoms. The van der Waals surface area contributed by atoms with E-state index in [1.54, 1.807) is 20.8 Å². The van der Waals surface area contributed by atoms with Crippen LogP contribution in [0.4, 0.5) is 4.79 Å². The molecule has 22 heavy (non-hydrogen) atoms. The number of aliphatic hydroxyl groups is 1. The Hall–Kier alpha value is -1.08. The van der Waals surface area contributed by atoms with Crippen molar-refractivity contribution in [3.8, 4) is 0 Å². The first-order chi connectivity index (χ1) is 9.94. The van der Waals surface area contributed by atoms with E-state index < -0.39 is 31.8 Å². The first-order valence-corrected chi connectivity index (χ1v) is 11.4. The molecule has 0 fully saturated rings. The van der Waals surface area contributed by atoms with Crippen LogP contribution in [0.2, 0.25) is 25.7 Å². The first-order valence-electron chi connectivity index (χ1n) is 7.71. The molecule has 1 amide bonds. The van der Waals surface area contributed by atoms with Crippen molar-refractivity contribution in [2.75, 3.05) is 13.2 Å². The van der Waals surface area contributed by atoms with Crippen LogP contribution in [0.3, 0.4) is 0 Å². The highest BCUT2D eigenvalue weighted by molar-refractivity contribution is 6.76. The van der Waals surface area contributed by atoms with Gasteiger partial charge < -0.3 is 19.9 Å². The van der Waals surface area contributed by atoms with E-state index in [0.717, 1.165) is 6.04 Å². The minimum atomic E-state index is -1.27. The predicted octanol–water partition coefficient (Wildman–Crippen LogP) is 2.53. The van der Waals surface area contributed by atoms with Crippen LogP contribution in [0.1, 0.15) is 33.6 Å². The highest BCUT2D eigenvalue weighted by Crippen LogP contribution is 2.11. The van der Waals surface area contributed by atoms with E-state index in [-0.39, 0.29) is 6.61 Å². The summed E-state index contributed by atoms with van der Waals surface area (Å²) in [5, 5.41) is 11.4. The Bertz CT molecular complexity index is 360. The molecule has 0 unspecified atom stereocenters. The van der Waals surface area contributed by atoms with Gasteiger partial charge in [-0.3, -0.25) is 0 Å². The van der Waals surface area contributed by atoms with Crippen LogP contribution in [0, 0.1) is 0 Å². The smallest absolute Gasteiger partial charge is 0.407 e. The molecule has 0 saturated carbocycles. The van der Waals surface area contributed by atoms with Crippen LogP contribution in [0.5, 0.6) is 0 Å². The van der Waals surface area contributed by atoms with Gasteiger partial charge in [-0.05, 0) is 39.7 Å². The van der Waals surface area contributed by atoms with Gasteiger partial charge in [-0.1, -0.05) is 19.6 Å². The Kier molecular flexibility index (Phi) is 8.69. The van der Waals surface area contributed by atoms with Gasteiger partial charge in [0.15, 0.2) is 0 Å². The topological polar surface area (TPSA) is 84.9 Å². The fraction of sp³-hybridized carbons (Fsp3) is 0.867. The molecule has 0 spiro atoms. The number of hydrogen-bond donors (Lipinski definition) is 2. The fourth-order valence-electron chi connectivity index (χ4n) is 1.55. The van der Waals surface area contributed by atoms with Crippen molar-refractivity contribution in [1.29, 1.82) is 0 Å². The van der Waals surface area contributed by atoms with Crippen molar-refractivity contribution in [2.45, 2.75) is 70.9 Å². The third-order valence-corrected chi connectivity index (χ3v) is 4.42. The molecule has 0 radical (unpaired) electrons. The standard InChI is InChI=1S/C15H31NO5Si/c1-15(2,3)21-13(18)12(8-7-9-17)16-14(19)20-10-11-22(4,5)6/h12,17H,7-11H2,1-6H3,(H,16,19)/t12-/m0/s1. The minimum Gasteiger partial charge on any atom is -0.458 e. The van der Waals surface area contributed by atoms with E-state index >= 15 is 0 Å². The molecule has 0 rings (SSSR count). The Labute approximate surface area is 134 Å². The van der Waals surface area contributed by atoms with Crippen LogP contribution in [-0.2, 0) is 14.3 Å². The lowest BCUT2D eigenvalue weighted by Gasteiger charge is -2.24. The zero-order chi connectivity index (χ0) is 17.4. The van der Waals surface area contributed by atoms with Crippen molar-refractivity contribution in [3.63, 3.8) is 0 Å². The molecule has 0 aliphatic carbocycles. The summed E-state index contributed by atoms with van der Waals surface area (Å²) in [6, 6.07) is 0.0690. The summed E-state index contributed by atoms with van der Waals surface area (Å²) < 4.78 is 10.4. The second-order valence-electron chi connectivity index (χ2n) is 7.54. The minimum absolute atomic E-state index is 0.0500. The third kappa shape index (κ3) is 11.6. The van der Waals surface area contributed by atoms with Gasteiger partial charge >= 0.3 is 12.1 Å². The van der Waals surface area contributed by atoms with Crippen LogP contribution in [-0.4, -0.2) is 50.1 Å². The van der Waals surface area contributed by atoms with Gasteiger partial charge in [-0.25, -0.2) is 9.59 Å². The van der Waals surface area contributed by atoms with E-state index in [2.05, 4.69) is 25.0 Å². The molecule has 0 aliphatic rings. The van der Waals surface area contributed by atoms with Crippen LogP contribution >= 0.6 is 0 Å². The summed E-state index contributed by atoms with van der Waals surface area (Å²) >= 11 is 0. The molecule has 0 aliphatic heterocycles. The van der Waals surface area contributed by atoms with Gasteiger partial charge in [0.05, 0.1) is 6.61 Å². The summed E-state index contributed by atoms with van der Waals surface area (Å²) in [5.74, 6) is -0.511. The van der Waals surface area contributed by atoms with Crippen molar-refractivity contribution in [2.24, 2.45) is 0 Å². The molecule has 0 aromatic rings. The molecule has 0 aromatic heterocycles. The maximum atomic E-state index is 12.1. The second kappa shape index (κ2) is 9.15. The average Bonchev–Trinajstić information content (AvgIpc) is 2.30. The lowest BCUT2D eigenvalue weighted by Crippen LogP contribution is -2.44. The lowest BCUT2D eigenvalue weighted by atomic mass is 10.1. The number of nitrogens with one attached hydrogen (secondary N) is 1. The number of rotatable bonds is 8. The van der Waals surface area contributed by atoms with Gasteiger partial charge in [-0.2, -0.15) is 0 Å². The van der Waals surface area contributed by atoms with Crippen LogP contribution < -0.4 is 5.32 Å². The zero-order valence-corrected chi connectivity index (χ0v) is 15.7. The Morgan fingerprint density at radius 1 is 1.23 bits per heavy atom. The van der Waals surface area contributed by atoms with Crippen molar-refractivity contribution in [3.05, 3.63) is 0 Å². The van der Waals surface area contributed by atoms with E-state index in [0.29, 0.717) is 19.4 Å². The number of amides is 1. The number of carbonyl (C=O) groups is 2. The van der Waals surface area contributed by atoms with Gasteiger partial charge in [0, 0.05) is 14.7 Å². The quantitative estimate of drug-likeness (QED) is 0.527. The molecule has 130 valence electrons. The Morgan fingerprint density at radius 3 is 2.27 bits per heavy atom. The van der Waals surface area contributed by atoms with Crippen molar-refractivity contribution < 1.29 is 24.2 Å². The van der Waals surface area contributed by atoms with Gasteiger partial charge in [0.1, 0.15) is 11.6 Å². The van der Waals surface area contributed by atoms with E-state index in [9.17, 15) is 9.59 Å². The van der Waals surface area contributed by atoms with Gasteiger partial charge in [0.2, 0.25) is 0 Å². The number of aliphatic hydroxyl groups excluding tert-OH is 1. The highest BCUT2D eigenvalue weighted by Gasteiger charge is 2.27.